The number of pyridine rings is 1. The van der Waals surface area contributed by atoms with Crippen molar-refractivity contribution >= 4 is 29.1 Å². The number of rotatable bonds is 5. The SMILES string of the molecule is Cc1cccn2c(NC(=O)CSc3ccc(F)cc3F)c(-c3ccccc3)nc12. The number of amides is 1. The first kappa shape index (κ1) is 19.1. The van der Waals surface area contributed by atoms with Gasteiger partial charge in [-0.3, -0.25) is 9.20 Å². The molecule has 0 fully saturated rings. The first-order valence-corrected chi connectivity index (χ1v) is 9.92. The molecule has 29 heavy (non-hydrogen) atoms. The minimum Gasteiger partial charge on any atom is -0.309 e. The highest BCUT2D eigenvalue weighted by atomic mass is 32.2. The molecular weight excluding hydrogens is 392 g/mol. The summed E-state index contributed by atoms with van der Waals surface area (Å²) in [5.41, 5.74) is 3.26. The molecule has 0 bridgehead atoms. The van der Waals surface area contributed by atoms with Gasteiger partial charge < -0.3 is 5.32 Å². The number of imidazole rings is 1. The molecule has 0 saturated carbocycles. The van der Waals surface area contributed by atoms with Crippen molar-refractivity contribution in [3.8, 4) is 11.3 Å². The average Bonchev–Trinajstić information content (AvgIpc) is 3.08. The lowest BCUT2D eigenvalue weighted by molar-refractivity contribution is -0.113. The first-order valence-electron chi connectivity index (χ1n) is 8.94. The fraction of sp³-hybridized carbons (Fsp3) is 0.0909. The standard InChI is InChI=1S/C22H17F2N3OS/c1-14-6-5-11-27-21(14)26-20(15-7-3-2-4-8-15)22(27)25-19(28)13-29-18-10-9-16(23)12-17(18)24/h2-12H,13H2,1H3,(H,25,28). The maximum absolute atomic E-state index is 13.8. The smallest absolute Gasteiger partial charge is 0.235 e. The molecule has 0 aliphatic carbocycles. The van der Waals surface area contributed by atoms with Crippen molar-refractivity contribution in [3.63, 3.8) is 0 Å². The van der Waals surface area contributed by atoms with Gasteiger partial charge in [0.1, 0.15) is 28.8 Å². The zero-order chi connectivity index (χ0) is 20.4. The highest BCUT2D eigenvalue weighted by Gasteiger charge is 2.18. The van der Waals surface area contributed by atoms with Gasteiger partial charge in [-0.1, -0.05) is 36.4 Å². The van der Waals surface area contributed by atoms with Crippen LogP contribution in [-0.2, 0) is 4.79 Å². The van der Waals surface area contributed by atoms with Gasteiger partial charge in [0.05, 0.1) is 5.75 Å². The monoisotopic (exact) mass is 409 g/mol. The van der Waals surface area contributed by atoms with Crippen LogP contribution in [0.5, 0.6) is 0 Å². The van der Waals surface area contributed by atoms with Crippen LogP contribution in [0.4, 0.5) is 14.6 Å². The largest absolute Gasteiger partial charge is 0.309 e. The Kier molecular flexibility index (Phi) is 5.31. The number of benzene rings is 2. The number of aryl methyl sites for hydroxylation is 1. The van der Waals surface area contributed by atoms with Crippen molar-refractivity contribution in [1.29, 1.82) is 0 Å². The van der Waals surface area contributed by atoms with E-state index in [1.54, 1.807) is 0 Å². The zero-order valence-electron chi connectivity index (χ0n) is 15.5. The maximum Gasteiger partial charge on any atom is 0.235 e. The van der Waals surface area contributed by atoms with Crippen LogP contribution in [-0.4, -0.2) is 21.0 Å². The van der Waals surface area contributed by atoms with Gasteiger partial charge in [0.15, 0.2) is 0 Å². The van der Waals surface area contributed by atoms with Gasteiger partial charge in [-0.05, 0) is 30.7 Å². The Bertz CT molecular complexity index is 1190. The minimum absolute atomic E-state index is 0.0180. The Morgan fingerprint density at radius 1 is 1.10 bits per heavy atom. The van der Waals surface area contributed by atoms with Crippen molar-refractivity contribution < 1.29 is 13.6 Å². The quantitative estimate of drug-likeness (QED) is 0.454. The molecule has 0 aliphatic rings. The number of nitrogens with one attached hydrogen (secondary N) is 1. The van der Waals surface area contributed by atoms with Crippen LogP contribution in [0.2, 0.25) is 0 Å². The second kappa shape index (κ2) is 8.05. The predicted octanol–water partition coefficient (Wildman–Crippen LogP) is 5.32. The fourth-order valence-electron chi connectivity index (χ4n) is 3.02. The van der Waals surface area contributed by atoms with Crippen molar-refractivity contribution in [2.45, 2.75) is 11.8 Å². The van der Waals surface area contributed by atoms with Crippen molar-refractivity contribution in [2.24, 2.45) is 0 Å². The van der Waals surface area contributed by atoms with E-state index in [-0.39, 0.29) is 16.6 Å². The lowest BCUT2D eigenvalue weighted by Crippen LogP contribution is -2.16. The number of nitrogens with zero attached hydrogens (tertiary/aromatic N) is 2. The lowest BCUT2D eigenvalue weighted by Gasteiger charge is -2.08. The topological polar surface area (TPSA) is 46.4 Å². The summed E-state index contributed by atoms with van der Waals surface area (Å²) in [5, 5.41) is 2.90. The molecule has 7 heteroatoms. The first-order chi connectivity index (χ1) is 14.0. The third kappa shape index (κ3) is 4.00. The molecule has 0 unspecified atom stereocenters. The van der Waals surface area contributed by atoms with E-state index in [1.807, 2.05) is 60.0 Å². The summed E-state index contributed by atoms with van der Waals surface area (Å²) >= 11 is 1.01. The molecule has 2 heterocycles. The molecule has 4 rings (SSSR count). The van der Waals surface area contributed by atoms with E-state index < -0.39 is 11.6 Å². The summed E-state index contributed by atoms with van der Waals surface area (Å²) in [6.45, 7) is 1.95. The fourth-order valence-corrected chi connectivity index (χ4v) is 3.74. The van der Waals surface area contributed by atoms with E-state index >= 15 is 0 Å². The van der Waals surface area contributed by atoms with Crippen molar-refractivity contribution in [3.05, 3.63) is 84.1 Å². The van der Waals surface area contributed by atoms with E-state index in [0.717, 1.165) is 34.6 Å². The van der Waals surface area contributed by atoms with E-state index in [1.165, 1.54) is 12.1 Å². The van der Waals surface area contributed by atoms with Gasteiger partial charge in [-0.2, -0.15) is 0 Å². The Morgan fingerprint density at radius 3 is 2.66 bits per heavy atom. The van der Waals surface area contributed by atoms with Crippen LogP contribution in [0.3, 0.4) is 0 Å². The number of thioether (sulfide) groups is 1. The number of anilines is 1. The van der Waals surface area contributed by atoms with Crippen molar-refractivity contribution in [2.75, 3.05) is 11.1 Å². The Balaban J connectivity index is 1.63. The molecule has 0 atom stereocenters. The highest BCUT2D eigenvalue weighted by molar-refractivity contribution is 8.00. The van der Waals surface area contributed by atoms with Crippen LogP contribution in [0, 0.1) is 18.6 Å². The number of carbonyl (C=O) groups excluding carboxylic acids is 1. The summed E-state index contributed by atoms with van der Waals surface area (Å²) in [7, 11) is 0. The van der Waals surface area contributed by atoms with Crippen LogP contribution in [0.25, 0.3) is 16.9 Å². The summed E-state index contributed by atoms with van der Waals surface area (Å²) in [6, 6.07) is 16.7. The van der Waals surface area contributed by atoms with Gasteiger partial charge in [0.25, 0.3) is 0 Å². The van der Waals surface area contributed by atoms with Crippen molar-refractivity contribution in [1.82, 2.24) is 9.38 Å². The summed E-state index contributed by atoms with van der Waals surface area (Å²) in [5.74, 6) is -1.10. The highest BCUT2D eigenvalue weighted by Crippen LogP contribution is 2.30. The third-order valence-corrected chi connectivity index (χ3v) is 5.45. The molecule has 0 saturated heterocycles. The molecule has 0 spiro atoms. The normalized spacial score (nSPS) is 11.0. The second-order valence-electron chi connectivity index (χ2n) is 6.47. The average molecular weight is 409 g/mol. The van der Waals surface area contributed by atoms with Crippen LogP contribution >= 0.6 is 11.8 Å². The Labute approximate surface area is 170 Å². The Morgan fingerprint density at radius 2 is 1.90 bits per heavy atom. The number of hydrogen-bond acceptors (Lipinski definition) is 3. The number of aromatic nitrogens is 2. The molecular formula is C22H17F2N3OS. The third-order valence-electron chi connectivity index (χ3n) is 4.40. The van der Waals surface area contributed by atoms with Gasteiger partial charge in [-0.25, -0.2) is 13.8 Å². The van der Waals surface area contributed by atoms with Gasteiger partial charge >= 0.3 is 0 Å². The van der Waals surface area contributed by atoms with Gasteiger partial charge in [-0.15, -0.1) is 11.8 Å². The minimum atomic E-state index is -0.682. The van der Waals surface area contributed by atoms with E-state index in [4.69, 9.17) is 4.98 Å². The van der Waals surface area contributed by atoms with E-state index in [0.29, 0.717) is 11.5 Å². The summed E-state index contributed by atoms with van der Waals surface area (Å²) in [6.07, 6.45) is 1.84. The molecule has 146 valence electrons. The second-order valence-corrected chi connectivity index (χ2v) is 7.49. The summed E-state index contributed by atoms with van der Waals surface area (Å²) in [4.78, 5) is 17.5. The molecule has 1 N–H and O–H groups in total. The van der Waals surface area contributed by atoms with Gasteiger partial charge in [0, 0.05) is 22.7 Å². The predicted molar refractivity (Wildman–Crippen MR) is 111 cm³/mol. The van der Waals surface area contributed by atoms with E-state index in [2.05, 4.69) is 5.32 Å². The van der Waals surface area contributed by atoms with Crippen LogP contribution in [0.1, 0.15) is 5.56 Å². The van der Waals surface area contributed by atoms with E-state index in [9.17, 15) is 13.6 Å². The molecule has 1 amide bonds. The molecule has 4 nitrogen and oxygen atoms in total. The van der Waals surface area contributed by atoms with Crippen LogP contribution < -0.4 is 5.32 Å². The molecule has 2 aromatic carbocycles. The number of carbonyl (C=O) groups is 1. The molecule has 2 aromatic heterocycles. The number of halogens is 2. The zero-order valence-corrected chi connectivity index (χ0v) is 16.3. The maximum atomic E-state index is 13.8. The number of hydrogen-bond donors (Lipinski definition) is 1. The Hall–Kier alpha value is -3.19. The molecule has 4 aromatic rings. The van der Waals surface area contributed by atoms with Crippen LogP contribution in [0.15, 0.2) is 71.8 Å². The molecule has 0 radical (unpaired) electrons. The number of fused-ring (bicyclic) bond motifs is 1. The molecule has 0 aliphatic heterocycles. The van der Waals surface area contributed by atoms with Gasteiger partial charge in [0.2, 0.25) is 5.91 Å². The lowest BCUT2D eigenvalue weighted by atomic mass is 10.1. The summed E-state index contributed by atoms with van der Waals surface area (Å²) < 4.78 is 28.7.